The first-order valence-electron chi connectivity index (χ1n) is 7.13. The summed E-state index contributed by atoms with van der Waals surface area (Å²) in [5.41, 5.74) is 2.13. The minimum atomic E-state index is 0.386. The average molecular weight is 290 g/mol. The minimum absolute atomic E-state index is 0.386. The topological polar surface area (TPSA) is 45.0 Å². The second-order valence-electron chi connectivity index (χ2n) is 5.32. The molecule has 0 unspecified atom stereocenters. The summed E-state index contributed by atoms with van der Waals surface area (Å²) in [6, 6.07) is 8.39. The molecule has 0 radical (unpaired) electrons. The second-order valence-corrected chi connectivity index (χ2v) is 6.63. The number of anilines is 1. The third kappa shape index (κ3) is 3.68. The summed E-state index contributed by atoms with van der Waals surface area (Å²) in [5, 5.41) is 12.9. The van der Waals surface area contributed by atoms with Crippen LogP contribution in [-0.4, -0.2) is 26.0 Å². The number of rotatable bonds is 8. The summed E-state index contributed by atoms with van der Waals surface area (Å²) in [6.07, 6.45) is 3.62. The lowest BCUT2D eigenvalue weighted by Gasteiger charge is -2.17. The van der Waals surface area contributed by atoms with Crippen LogP contribution in [-0.2, 0) is 4.74 Å². The van der Waals surface area contributed by atoms with Crippen LogP contribution in [0.3, 0.4) is 0 Å². The molecule has 0 spiro atoms. The largest absolute Gasteiger partial charge is 0.385 e. The fraction of sp³-hybridized carbons (Fsp3) is 0.562. The molecule has 1 aliphatic carbocycles. The summed E-state index contributed by atoms with van der Waals surface area (Å²) in [4.78, 5) is 1.07. The quantitative estimate of drug-likeness (QED) is 0.738. The van der Waals surface area contributed by atoms with Gasteiger partial charge in [-0.25, -0.2) is 0 Å². The van der Waals surface area contributed by atoms with Crippen molar-refractivity contribution < 1.29 is 4.74 Å². The fourth-order valence-electron chi connectivity index (χ4n) is 2.36. The van der Waals surface area contributed by atoms with E-state index in [-0.39, 0.29) is 0 Å². The highest BCUT2D eigenvalue weighted by molar-refractivity contribution is 7.99. The number of thioether (sulfide) groups is 1. The van der Waals surface area contributed by atoms with Crippen LogP contribution in [0.15, 0.2) is 23.1 Å². The van der Waals surface area contributed by atoms with Gasteiger partial charge in [-0.1, -0.05) is 13.0 Å². The van der Waals surface area contributed by atoms with Gasteiger partial charge in [0, 0.05) is 25.2 Å². The zero-order valence-corrected chi connectivity index (χ0v) is 13.1. The summed E-state index contributed by atoms with van der Waals surface area (Å²) >= 11 is 1.72. The van der Waals surface area contributed by atoms with E-state index in [0.717, 1.165) is 41.5 Å². The Bertz CT molecular complexity index is 492. The van der Waals surface area contributed by atoms with Gasteiger partial charge >= 0.3 is 0 Å². The molecule has 1 saturated carbocycles. The van der Waals surface area contributed by atoms with Gasteiger partial charge in [0.2, 0.25) is 0 Å². The molecule has 0 saturated heterocycles. The van der Waals surface area contributed by atoms with Gasteiger partial charge in [0.1, 0.15) is 6.07 Å². The van der Waals surface area contributed by atoms with Gasteiger partial charge < -0.3 is 10.1 Å². The third-order valence-corrected chi connectivity index (χ3v) is 4.83. The van der Waals surface area contributed by atoms with Crippen LogP contribution in [0.5, 0.6) is 0 Å². The molecule has 0 bridgehead atoms. The molecule has 1 fully saturated rings. The highest BCUT2D eigenvalue weighted by Gasteiger charge is 2.41. The highest BCUT2D eigenvalue weighted by Crippen LogP contribution is 2.48. The van der Waals surface area contributed by atoms with E-state index in [0.29, 0.717) is 5.41 Å². The SMILES string of the molecule is CCSc1cccc(NCC2(CCOC)CC2)c1C#N. The van der Waals surface area contributed by atoms with Crippen LogP contribution in [0.2, 0.25) is 0 Å². The lowest BCUT2D eigenvalue weighted by atomic mass is 10.0. The van der Waals surface area contributed by atoms with Crippen molar-refractivity contribution in [3.63, 3.8) is 0 Å². The molecule has 108 valence electrons. The van der Waals surface area contributed by atoms with Crippen molar-refractivity contribution >= 4 is 17.4 Å². The van der Waals surface area contributed by atoms with Crippen molar-refractivity contribution in [1.82, 2.24) is 0 Å². The van der Waals surface area contributed by atoms with Crippen molar-refractivity contribution in [3.8, 4) is 6.07 Å². The Morgan fingerprint density at radius 2 is 2.25 bits per heavy atom. The summed E-state index contributed by atoms with van der Waals surface area (Å²) in [6.45, 7) is 3.86. The zero-order valence-electron chi connectivity index (χ0n) is 12.2. The van der Waals surface area contributed by atoms with Gasteiger partial charge in [0.15, 0.2) is 0 Å². The van der Waals surface area contributed by atoms with Crippen molar-refractivity contribution in [3.05, 3.63) is 23.8 Å². The van der Waals surface area contributed by atoms with E-state index in [2.05, 4.69) is 18.3 Å². The minimum Gasteiger partial charge on any atom is -0.385 e. The van der Waals surface area contributed by atoms with Crippen molar-refractivity contribution in [1.29, 1.82) is 5.26 Å². The Labute approximate surface area is 125 Å². The first-order valence-corrected chi connectivity index (χ1v) is 8.12. The smallest absolute Gasteiger partial charge is 0.102 e. The van der Waals surface area contributed by atoms with Crippen LogP contribution >= 0.6 is 11.8 Å². The van der Waals surface area contributed by atoms with E-state index in [1.807, 2.05) is 18.2 Å². The maximum Gasteiger partial charge on any atom is 0.102 e. The molecule has 1 aliphatic rings. The molecular weight excluding hydrogens is 268 g/mol. The lowest BCUT2D eigenvalue weighted by molar-refractivity contribution is 0.175. The molecule has 0 aromatic heterocycles. The average Bonchev–Trinajstić information content (AvgIpc) is 3.24. The highest BCUT2D eigenvalue weighted by atomic mass is 32.2. The summed E-state index contributed by atoms with van der Waals surface area (Å²) < 4.78 is 5.18. The standard InChI is InChI=1S/C16H22N2OS/c1-3-20-15-6-4-5-14(13(15)11-17)18-12-16(7-8-16)9-10-19-2/h4-6,18H,3,7-10,12H2,1-2H3. The number of nitriles is 1. The Hall–Kier alpha value is -1.18. The van der Waals surface area contributed by atoms with E-state index >= 15 is 0 Å². The molecule has 0 atom stereocenters. The van der Waals surface area contributed by atoms with Crippen molar-refractivity contribution in [2.24, 2.45) is 5.41 Å². The van der Waals surface area contributed by atoms with E-state index in [4.69, 9.17) is 4.74 Å². The van der Waals surface area contributed by atoms with Crippen LogP contribution < -0.4 is 5.32 Å². The van der Waals surface area contributed by atoms with E-state index in [1.165, 1.54) is 12.8 Å². The Morgan fingerprint density at radius 3 is 2.85 bits per heavy atom. The third-order valence-electron chi connectivity index (χ3n) is 3.89. The fourth-order valence-corrected chi connectivity index (χ4v) is 3.15. The van der Waals surface area contributed by atoms with E-state index in [9.17, 15) is 5.26 Å². The summed E-state index contributed by atoms with van der Waals surface area (Å²) in [5.74, 6) is 0.982. The van der Waals surface area contributed by atoms with Crippen LogP contribution in [0, 0.1) is 16.7 Å². The number of nitrogens with zero attached hydrogens (tertiary/aromatic N) is 1. The van der Waals surface area contributed by atoms with Gasteiger partial charge in [-0.3, -0.25) is 0 Å². The Kier molecular flexibility index (Phi) is 5.33. The van der Waals surface area contributed by atoms with Crippen molar-refractivity contribution in [2.45, 2.75) is 31.1 Å². The van der Waals surface area contributed by atoms with Gasteiger partial charge in [-0.2, -0.15) is 5.26 Å². The predicted octanol–water partition coefficient (Wildman–Crippen LogP) is 3.90. The van der Waals surface area contributed by atoms with E-state index in [1.54, 1.807) is 18.9 Å². The molecule has 4 heteroatoms. The molecule has 3 nitrogen and oxygen atoms in total. The maximum absolute atomic E-state index is 9.39. The normalized spacial score (nSPS) is 15.7. The molecule has 1 aromatic rings. The van der Waals surface area contributed by atoms with Crippen LogP contribution in [0.1, 0.15) is 31.7 Å². The molecule has 0 heterocycles. The molecule has 0 amide bonds. The van der Waals surface area contributed by atoms with Gasteiger partial charge in [0.05, 0.1) is 11.3 Å². The maximum atomic E-state index is 9.39. The molecule has 0 aliphatic heterocycles. The molecular formula is C16H22N2OS. The first-order chi connectivity index (χ1) is 9.74. The molecule has 1 N–H and O–H groups in total. The van der Waals surface area contributed by atoms with Gasteiger partial charge in [-0.15, -0.1) is 11.8 Å². The number of ether oxygens (including phenoxy) is 1. The second kappa shape index (κ2) is 7.01. The number of hydrogen-bond donors (Lipinski definition) is 1. The monoisotopic (exact) mass is 290 g/mol. The van der Waals surface area contributed by atoms with Gasteiger partial charge in [0.25, 0.3) is 0 Å². The molecule has 20 heavy (non-hydrogen) atoms. The Balaban J connectivity index is 2.03. The number of hydrogen-bond acceptors (Lipinski definition) is 4. The number of benzene rings is 1. The molecule has 1 aromatic carbocycles. The predicted molar refractivity (Wildman–Crippen MR) is 84.2 cm³/mol. The Morgan fingerprint density at radius 1 is 1.45 bits per heavy atom. The first kappa shape index (κ1) is 15.2. The van der Waals surface area contributed by atoms with E-state index < -0.39 is 0 Å². The van der Waals surface area contributed by atoms with Gasteiger partial charge in [-0.05, 0) is 42.6 Å². The number of nitrogens with one attached hydrogen (secondary N) is 1. The number of methoxy groups -OCH3 is 1. The zero-order chi connectivity index (χ0) is 14.4. The lowest BCUT2D eigenvalue weighted by Crippen LogP contribution is -2.17. The van der Waals surface area contributed by atoms with Crippen LogP contribution in [0.25, 0.3) is 0 Å². The molecule has 2 rings (SSSR count). The summed E-state index contributed by atoms with van der Waals surface area (Å²) in [7, 11) is 1.75. The van der Waals surface area contributed by atoms with Crippen LogP contribution in [0.4, 0.5) is 5.69 Å². The van der Waals surface area contributed by atoms with Crippen molar-refractivity contribution in [2.75, 3.05) is 31.3 Å².